The summed E-state index contributed by atoms with van der Waals surface area (Å²) in [6.45, 7) is 6.26. The van der Waals surface area contributed by atoms with Crippen LogP contribution in [0.1, 0.15) is 36.0 Å². The van der Waals surface area contributed by atoms with Crippen LogP contribution in [0.4, 0.5) is 0 Å². The number of likely N-dealkylation sites (N-methyl/N-ethyl adjacent to an activating group) is 1. The van der Waals surface area contributed by atoms with Crippen molar-refractivity contribution in [3.8, 4) is 17.2 Å². The minimum absolute atomic E-state index is 0.0508. The maximum atomic E-state index is 12.8. The summed E-state index contributed by atoms with van der Waals surface area (Å²) in [5.74, 6) is 1.79. The highest BCUT2D eigenvalue weighted by Gasteiger charge is 2.24. The normalized spacial score (nSPS) is 11.9. The number of methoxy groups -OCH3 is 3. The zero-order valence-corrected chi connectivity index (χ0v) is 16.6. The number of carbonyl (C=O) groups excluding carboxylic acids is 1. The first-order chi connectivity index (χ1) is 13.1. The van der Waals surface area contributed by atoms with Gasteiger partial charge in [-0.2, -0.15) is 0 Å². The second kappa shape index (κ2) is 9.87. The summed E-state index contributed by atoms with van der Waals surface area (Å²) in [7, 11) is 4.54. The molecule has 148 valence electrons. The highest BCUT2D eigenvalue weighted by atomic mass is 16.5. The van der Waals surface area contributed by atoms with E-state index in [2.05, 4.69) is 24.1 Å². The van der Waals surface area contributed by atoms with E-state index in [1.54, 1.807) is 18.4 Å². The predicted octanol–water partition coefficient (Wildman–Crippen LogP) is 3.12. The molecular formula is C20H28N2O5. The Balaban J connectivity index is 2.23. The van der Waals surface area contributed by atoms with E-state index in [9.17, 15) is 4.79 Å². The van der Waals surface area contributed by atoms with E-state index in [1.807, 2.05) is 12.1 Å². The molecule has 1 unspecified atom stereocenters. The number of amides is 1. The molecule has 1 aromatic carbocycles. The van der Waals surface area contributed by atoms with Crippen molar-refractivity contribution in [2.24, 2.45) is 0 Å². The summed E-state index contributed by atoms with van der Waals surface area (Å²) in [5.41, 5.74) is 0.382. The van der Waals surface area contributed by atoms with Crippen LogP contribution in [0.25, 0.3) is 0 Å². The lowest BCUT2D eigenvalue weighted by Gasteiger charge is -2.28. The van der Waals surface area contributed by atoms with Crippen molar-refractivity contribution >= 4 is 5.91 Å². The molecule has 1 N–H and O–H groups in total. The highest BCUT2D eigenvalue weighted by Crippen LogP contribution is 2.39. The fraction of sp³-hybridized carbons (Fsp3) is 0.450. The standard InChI is InChI=1S/C20H28N2O5/c1-6-22(7-2)15(16-9-8-12-27-16)13-21-20(23)14-10-11-17(24-3)19(26-5)18(14)25-4/h8-12,15H,6-7,13H2,1-5H3,(H,21,23). The third-order valence-electron chi connectivity index (χ3n) is 4.53. The summed E-state index contributed by atoms with van der Waals surface area (Å²) in [5, 5.41) is 2.98. The molecule has 7 heteroatoms. The van der Waals surface area contributed by atoms with Gasteiger partial charge in [0.25, 0.3) is 5.91 Å². The number of hydrogen-bond donors (Lipinski definition) is 1. The Hall–Kier alpha value is -2.67. The molecule has 1 amide bonds. The highest BCUT2D eigenvalue weighted by molar-refractivity contribution is 5.98. The van der Waals surface area contributed by atoms with Gasteiger partial charge >= 0.3 is 0 Å². The van der Waals surface area contributed by atoms with Gasteiger partial charge in [-0.3, -0.25) is 9.69 Å². The van der Waals surface area contributed by atoms with Crippen LogP contribution < -0.4 is 19.5 Å². The first-order valence-electron chi connectivity index (χ1n) is 8.95. The van der Waals surface area contributed by atoms with E-state index in [1.165, 1.54) is 21.3 Å². The Bertz CT molecular complexity index is 726. The second-order valence-corrected chi connectivity index (χ2v) is 5.84. The lowest BCUT2D eigenvalue weighted by atomic mass is 10.1. The Morgan fingerprint density at radius 3 is 2.30 bits per heavy atom. The van der Waals surface area contributed by atoms with Crippen LogP contribution in [-0.4, -0.2) is 51.8 Å². The Labute approximate surface area is 160 Å². The van der Waals surface area contributed by atoms with Gasteiger partial charge in [0, 0.05) is 6.54 Å². The van der Waals surface area contributed by atoms with Gasteiger partial charge in [-0.05, 0) is 37.4 Å². The molecule has 0 aliphatic rings. The number of ether oxygens (including phenoxy) is 3. The Morgan fingerprint density at radius 2 is 1.78 bits per heavy atom. The molecule has 1 atom stereocenters. The van der Waals surface area contributed by atoms with Crippen LogP contribution >= 0.6 is 0 Å². The fourth-order valence-electron chi connectivity index (χ4n) is 3.12. The number of rotatable bonds is 10. The number of furan rings is 1. The molecule has 0 saturated heterocycles. The first kappa shape index (κ1) is 20.6. The van der Waals surface area contributed by atoms with Gasteiger partial charge in [0.15, 0.2) is 11.5 Å². The van der Waals surface area contributed by atoms with Crippen molar-refractivity contribution < 1.29 is 23.4 Å². The van der Waals surface area contributed by atoms with Gasteiger partial charge in [0.2, 0.25) is 5.75 Å². The van der Waals surface area contributed by atoms with Crippen LogP contribution in [0.5, 0.6) is 17.2 Å². The topological polar surface area (TPSA) is 73.2 Å². The van der Waals surface area contributed by atoms with Crippen LogP contribution in [0, 0.1) is 0 Å². The first-order valence-corrected chi connectivity index (χ1v) is 8.95. The van der Waals surface area contributed by atoms with E-state index >= 15 is 0 Å². The lowest BCUT2D eigenvalue weighted by molar-refractivity contribution is 0.0926. The number of nitrogens with one attached hydrogen (secondary N) is 1. The number of nitrogens with zero attached hydrogens (tertiary/aromatic N) is 1. The summed E-state index contributed by atoms with van der Waals surface area (Å²) in [6.07, 6.45) is 1.64. The van der Waals surface area contributed by atoms with Gasteiger partial charge in [-0.25, -0.2) is 0 Å². The van der Waals surface area contributed by atoms with E-state index in [0.29, 0.717) is 29.4 Å². The summed E-state index contributed by atoms with van der Waals surface area (Å²) >= 11 is 0. The zero-order chi connectivity index (χ0) is 19.8. The molecule has 0 bridgehead atoms. The molecule has 0 radical (unpaired) electrons. The minimum Gasteiger partial charge on any atom is -0.493 e. The monoisotopic (exact) mass is 376 g/mol. The molecule has 0 saturated carbocycles. The van der Waals surface area contributed by atoms with E-state index in [-0.39, 0.29) is 11.9 Å². The second-order valence-electron chi connectivity index (χ2n) is 5.84. The van der Waals surface area contributed by atoms with Gasteiger partial charge < -0.3 is 23.9 Å². The van der Waals surface area contributed by atoms with Gasteiger partial charge in [-0.15, -0.1) is 0 Å². The van der Waals surface area contributed by atoms with Crippen molar-refractivity contribution in [3.63, 3.8) is 0 Å². The summed E-state index contributed by atoms with van der Waals surface area (Å²) in [6, 6.07) is 7.07. The molecule has 27 heavy (non-hydrogen) atoms. The third-order valence-corrected chi connectivity index (χ3v) is 4.53. The third kappa shape index (κ3) is 4.54. The molecule has 0 spiro atoms. The summed E-state index contributed by atoms with van der Waals surface area (Å²) < 4.78 is 21.6. The van der Waals surface area contributed by atoms with Gasteiger partial charge in [-0.1, -0.05) is 13.8 Å². The van der Waals surface area contributed by atoms with Crippen LogP contribution in [0.3, 0.4) is 0 Å². The summed E-state index contributed by atoms with van der Waals surface area (Å²) in [4.78, 5) is 15.1. The largest absolute Gasteiger partial charge is 0.493 e. The van der Waals surface area contributed by atoms with Crippen LogP contribution in [-0.2, 0) is 0 Å². The van der Waals surface area contributed by atoms with E-state index < -0.39 is 0 Å². The number of benzene rings is 1. The number of hydrogen-bond acceptors (Lipinski definition) is 6. The Morgan fingerprint density at radius 1 is 1.07 bits per heavy atom. The molecule has 2 rings (SSSR count). The molecule has 0 aliphatic heterocycles. The molecule has 7 nitrogen and oxygen atoms in total. The van der Waals surface area contributed by atoms with Crippen molar-refractivity contribution in [1.82, 2.24) is 10.2 Å². The molecule has 0 fully saturated rings. The Kier molecular flexibility index (Phi) is 7.55. The number of carbonyl (C=O) groups is 1. The zero-order valence-electron chi connectivity index (χ0n) is 16.6. The molecular weight excluding hydrogens is 348 g/mol. The minimum atomic E-state index is -0.253. The van der Waals surface area contributed by atoms with Crippen molar-refractivity contribution in [2.75, 3.05) is 41.0 Å². The maximum absolute atomic E-state index is 12.8. The maximum Gasteiger partial charge on any atom is 0.255 e. The van der Waals surface area contributed by atoms with Crippen molar-refractivity contribution in [2.45, 2.75) is 19.9 Å². The lowest BCUT2D eigenvalue weighted by Crippen LogP contribution is -2.38. The van der Waals surface area contributed by atoms with Crippen LogP contribution in [0.2, 0.25) is 0 Å². The van der Waals surface area contributed by atoms with E-state index in [4.69, 9.17) is 18.6 Å². The molecule has 1 aromatic heterocycles. The molecule has 1 heterocycles. The quantitative estimate of drug-likeness (QED) is 0.687. The average Bonchev–Trinajstić information content (AvgIpc) is 3.23. The smallest absolute Gasteiger partial charge is 0.255 e. The van der Waals surface area contributed by atoms with Crippen molar-refractivity contribution in [3.05, 3.63) is 41.9 Å². The van der Waals surface area contributed by atoms with E-state index in [0.717, 1.165) is 18.8 Å². The molecule has 0 aliphatic carbocycles. The van der Waals surface area contributed by atoms with Crippen molar-refractivity contribution in [1.29, 1.82) is 0 Å². The predicted molar refractivity (Wildman–Crippen MR) is 103 cm³/mol. The van der Waals surface area contributed by atoms with Gasteiger partial charge in [0.1, 0.15) is 5.76 Å². The van der Waals surface area contributed by atoms with Gasteiger partial charge in [0.05, 0.1) is 39.2 Å². The fourth-order valence-corrected chi connectivity index (χ4v) is 3.12. The average molecular weight is 376 g/mol. The van der Waals surface area contributed by atoms with Crippen LogP contribution in [0.15, 0.2) is 34.9 Å². The molecule has 2 aromatic rings. The SMILES string of the molecule is CCN(CC)C(CNC(=O)c1ccc(OC)c(OC)c1OC)c1ccco1.